The third-order valence-electron chi connectivity index (χ3n) is 1.36. The summed E-state index contributed by atoms with van der Waals surface area (Å²) < 4.78 is 2.18. The van der Waals surface area contributed by atoms with Crippen LogP contribution in [0.3, 0.4) is 0 Å². The lowest BCUT2D eigenvalue weighted by Gasteiger charge is -2.14. The molecular weight excluding hydrogens is 150 g/mol. The third kappa shape index (κ3) is 4.94. The molecule has 56 valence electrons. The summed E-state index contributed by atoms with van der Waals surface area (Å²) >= 11 is 6.06. The monoisotopic (exact) mass is 165 g/mol. The van der Waals surface area contributed by atoms with Crippen LogP contribution in [0.1, 0.15) is 19.8 Å². The molecule has 0 bridgehead atoms. The standard InChI is InChI=1S/C6H16ClNSi/c1-4-5-6-9(7)8(2)3/h9H,4-6H2,1-3H3. The number of halogens is 1. The van der Waals surface area contributed by atoms with E-state index < -0.39 is 8.27 Å². The minimum atomic E-state index is -0.988. The Morgan fingerprint density at radius 1 is 1.44 bits per heavy atom. The van der Waals surface area contributed by atoms with E-state index in [2.05, 4.69) is 25.6 Å². The molecule has 3 heteroatoms. The van der Waals surface area contributed by atoms with Gasteiger partial charge in [-0.05, 0) is 20.1 Å². The Morgan fingerprint density at radius 2 is 2.00 bits per heavy atom. The van der Waals surface area contributed by atoms with Gasteiger partial charge in [0.2, 0.25) is 8.27 Å². The van der Waals surface area contributed by atoms with Crippen LogP contribution in [0.25, 0.3) is 0 Å². The molecule has 0 radical (unpaired) electrons. The topological polar surface area (TPSA) is 3.24 Å². The van der Waals surface area contributed by atoms with Crippen LogP contribution in [0.5, 0.6) is 0 Å². The Hall–Kier alpha value is 0.467. The van der Waals surface area contributed by atoms with Crippen molar-refractivity contribution in [1.29, 1.82) is 0 Å². The summed E-state index contributed by atoms with van der Waals surface area (Å²) in [6, 6.07) is 1.24. The maximum Gasteiger partial charge on any atom is 0.213 e. The van der Waals surface area contributed by atoms with Gasteiger partial charge in [0.25, 0.3) is 0 Å². The van der Waals surface area contributed by atoms with Crippen molar-refractivity contribution >= 4 is 19.3 Å². The predicted octanol–water partition coefficient (Wildman–Crippen LogP) is 1.81. The average molecular weight is 166 g/mol. The van der Waals surface area contributed by atoms with Gasteiger partial charge in [0.05, 0.1) is 0 Å². The zero-order valence-corrected chi connectivity index (χ0v) is 8.43. The van der Waals surface area contributed by atoms with Crippen LogP contribution in [-0.4, -0.2) is 26.9 Å². The Morgan fingerprint density at radius 3 is 2.33 bits per heavy atom. The molecule has 0 aliphatic carbocycles. The smallest absolute Gasteiger partial charge is 0.213 e. The quantitative estimate of drug-likeness (QED) is 0.454. The number of nitrogens with zero attached hydrogens (tertiary/aromatic N) is 1. The van der Waals surface area contributed by atoms with Crippen molar-refractivity contribution in [2.45, 2.75) is 25.8 Å². The number of unbranched alkanes of at least 4 members (excludes halogenated alkanes) is 1. The molecule has 0 aliphatic rings. The molecule has 0 fully saturated rings. The maximum atomic E-state index is 6.06. The highest BCUT2D eigenvalue weighted by atomic mass is 35.6. The summed E-state index contributed by atoms with van der Waals surface area (Å²) in [6.45, 7) is 2.20. The fourth-order valence-corrected chi connectivity index (χ4v) is 2.36. The summed E-state index contributed by atoms with van der Waals surface area (Å²) in [7, 11) is 3.15. The van der Waals surface area contributed by atoms with E-state index in [0.717, 1.165) is 0 Å². The van der Waals surface area contributed by atoms with E-state index in [1.807, 2.05) is 0 Å². The van der Waals surface area contributed by atoms with E-state index in [-0.39, 0.29) is 0 Å². The molecule has 0 aromatic heterocycles. The van der Waals surface area contributed by atoms with Crippen LogP contribution >= 0.6 is 11.1 Å². The van der Waals surface area contributed by atoms with Crippen molar-refractivity contribution in [3.63, 3.8) is 0 Å². The molecule has 1 atom stereocenters. The molecule has 0 heterocycles. The van der Waals surface area contributed by atoms with Crippen LogP contribution < -0.4 is 0 Å². The summed E-state index contributed by atoms with van der Waals surface area (Å²) in [5.74, 6) is 0. The van der Waals surface area contributed by atoms with Gasteiger partial charge in [-0.2, -0.15) is 11.1 Å². The Balaban J connectivity index is 3.16. The van der Waals surface area contributed by atoms with E-state index in [0.29, 0.717) is 0 Å². The fraction of sp³-hybridized carbons (Fsp3) is 1.00. The van der Waals surface area contributed by atoms with Gasteiger partial charge in [-0.15, -0.1) is 0 Å². The molecule has 0 saturated carbocycles. The van der Waals surface area contributed by atoms with Crippen LogP contribution in [0.4, 0.5) is 0 Å². The first-order chi connectivity index (χ1) is 4.18. The minimum absolute atomic E-state index is 0.988. The highest BCUT2D eigenvalue weighted by Gasteiger charge is 2.07. The number of hydrogen-bond donors (Lipinski definition) is 0. The second kappa shape index (κ2) is 5.27. The fourth-order valence-electron chi connectivity index (χ4n) is 0.631. The summed E-state index contributed by atoms with van der Waals surface area (Å²) in [4.78, 5) is 0. The summed E-state index contributed by atoms with van der Waals surface area (Å²) in [5, 5.41) is 0. The van der Waals surface area contributed by atoms with Gasteiger partial charge in [0.1, 0.15) is 0 Å². The van der Waals surface area contributed by atoms with Gasteiger partial charge in [0.15, 0.2) is 0 Å². The van der Waals surface area contributed by atoms with Gasteiger partial charge >= 0.3 is 0 Å². The first kappa shape index (κ1) is 9.47. The maximum absolute atomic E-state index is 6.06. The van der Waals surface area contributed by atoms with Gasteiger partial charge in [0, 0.05) is 0 Å². The molecule has 1 unspecified atom stereocenters. The first-order valence-electron chi connectivity index (χ1n) is 3.49. The lowest BCUT2D eigenvalue weighted by atomic mass is 10.4. The molecule has 0 rings (SSSR count). The van der Waals surface area contributed by atoms with Crippen molar-refractivity contribution < 1.29 is 0 Å². The van der Waals surface area contributed by atoms with Gasteiger partial charge in [-0.3, -0.25) is 0 Å². The predicted molar refractivity (Wildman–Crippen MR) is 46.4 cm³/mol. The molecule has 0 amide bonds. The van der Waals surface area contributed by atoms with E-state index in [1.165, 1.54) is 18.9 Å². The van der Waals surface area contributed by atoms with Crippen LogP contribution in [-0.2, 0) is 0 Å². The molecule has 9 heavy (non-hydrogen) atoms. The summed E-state index contributed by atoms with van der Waals surface area (Å²) in [5.41, 5.74) is 0. The molecule has 1 nitrogen and oxygen atoms in total. The molecule has 0 aromatic rings. The highest BCUT2D eigenvalue weighted by molar-refractivity contribution is 7.05. The largest absolute Gasteiger partial charge is 0.320 e. The van der Waals surface area contributed by atoms with E-state index in [4.69, 9.17) is 11.1 Å². The zero-order valence-electron chi connectivity index (χ0n) is 6.52. The van der Waals surface area contributed by atoms with Crippen molar-refractivity contribution in [1.82, 2.24) is 4.57 Å². The van der Waals surface area contributed by atoms with Gasteiger partial charge in [-0.1, -0.05) is 19.8 Å². The third-order valence-corrected chi connectivity index (χ3v) is 5.19. The average Bonchev–Trinajstić information content (AvgIpc) is 1.82. The van der Waals surface area contributed by atoms with Crippen LogP contribution in [0, 0.1) is 0 Å². The first-order valence-corrected chi connectivity index (χ1v) is 6.56. The SMILES string of the molecule is CCCC[SiH](Cl)N(C)C. The Labute approximate surface area is 64.4 Å². The Kier molecular flexibility index (Phi) is 5.54. The van der Waals surface area contributed by atoms with Crippen molar-refractivity contribution in [3.8, 4) is 0 Å². The number of rotatable bonds is 4. The lowest BCUT2D eigenvalue weighted by molar-refractivity contribution is 0.644. The minimum Gasteiger partial charge on any atom is -0.320 e. The Bertz CT molecular complexity index is 68.1. The summed E-state index contributed by atoms with van der Waals surface area (Å²) in [6.07, 6.45) is 2.56. The highest BCUT2D eigenvalue weighted by Crippen LogP contribution is 2.05. The van der Waals surface area contributed by atoms with E-state index >= 15 is 0 Å². The lowest BCUT2D eigenvalue weighted by Crippen LogP contribution is -2.26. The molecular formula is C6H16ClNSi. The van der Waals surface area contributed by atoms with Crippen molar-refractivity contribution in [2.24, 2.45) is 0 Å². The van der Waals surface area contributed by atoms with Crippen LogP contribution in [0.15, 0.2) is 0 Å². The molecule has 0 aromatic carbocycles. The molecule has 0 saturated heterocycles. The molecule has 0 N–H and O–H groups in total. The molecule has 0 spiro atoms. The van der Waals surface area contributed by atoms with Crippen molar-refractivity contribution in [2.75, 3.05) is 14.1 Å². The zero-order chi connectivity index (χ0) is 7.28. The van der Waals surface area contributed by atoms with E-state index in [9.17, 15) is 0 Å². The van der Waals surface area contributed by atoms with Crippen molar-refractivity contribution in [3.05, 3.63) is 0 Å². The van der Waals surface area contributed by atoms with Crippen LogP contribution in [0.2, 0.25) is 6.04 Å². The van der Waals surface area contributed by atoms with Gasteiger partial charge in [-0.25, -0.2) is 0 Å². The number of hydrogen-bond acceptors (Lipinski definition) is 1. The van der Waals surface area contributed by atoms with Gasteiger partial charge < -0.3 is 4.57 Å². The second-order valence-corrected chi connectivity index (χ2v) is 6.53. The van der Waals surface area contributed by atoms with E-state index in [1.54, 1.807) is 0 Å². The molecule has 0 aliphatic heterocycles. The normalized spacial score (nSPS) is 14.3. The second-order valence-electron chi connectivity index (χ2n) is 2.54.